The van der Waals surface area contributed by atoms with Gasteiger partial charge < -0.3 is 15.5 Å². The number of nitrogens with one attached hydrogen (secondary N) is 2. The van der Waals surface area contributed by atoms with Crippen LogP contribution in [-0.4, -0.2) is 29.9 Å². The Morgan fingerprint density at radius 1 is 1.07 bits per heavy atom. The van der Waals surface area contributed by atoms with Gasteiger partial charge in [0.2, 0.25) is 5.91 Å². The van der Waals surface area contributed by atoms with Gasteiger partial charge in [-0.05, 0) is 61.1 Å². The van der Waals surface area contributed by atoms with Crippen molar-refractivity contribution in [1.82, 2.24) is 4.90 Å². The molecule has 0 saturated carbocycles. The minimum absolute atomic E-state index is 0.0509. The Morgan fingerprint density at radius 2 is 1.72 bits per heavy atom. The van der Waals surface area contributed by atoms with Gasteiger partial charge in [0.1, 0.15) is 0 Å². The third-order valence-corrected chi connectivity index (χ3v) is 5.95. The minimum Gasteiger partial charge on any atom is -0.326 e. The van der Waals surface area contributed by atoms with E-state index in [4.69, 9.17) is 11.6 Å². The summed E-state index contributed by atoms with van der Waals surface area (Å²) < 4.78 is 0. The van der Waals surface area contributed by atoms with Crippen molar-refractivity contribution < 1.29 is 9.59 Å². The molecule has 1 fully saturated rings. The Bertz CT molecular complexity index is 845. The molecule has 0 spiro atoms. The molecule has 1 aliphatic heterocycles. The second-order valence-electron chi connectivity index (χ2n) is 7.55. The van der Waals surface area contributed by atoms with Gasteiger partial charge in [-0.15, -0.1) is 0 Å². The smallest absolute Gasteiger partial charge is 0.321 e. The molecule has 1 heterocycles. The number of likely N-dealkylation sites (tertiary alicyclic amines) is 1. The van der Waals surface area contributed by atoms with Crippen LogP contribution >= 0.6 is 11.6 Å². The lowest BCUT2D eigenvalue weighted by atomic mass is 9.85. The molecule has 3 amide bonds. The fourth-order valence-corrected chi connectivity index (χ4v) is 3.88. The molecule has 0 radical (unpaired) electrons. The van der Waals surface area contributed by atoms with Gasteiger partial charge in [0, 0.05) is 35.4 Å². The van der Waals surface area contributed by atoms with E-state index in [1.54, 1.807) is 24.3 Å². The summed E-state index contributed by atoms with van der Waals surface area (Å²) in [6, 6.07) is 14.9. The molecule has 0 bridgehead atoms. The molecule has 0 aliphatic carbocycles. The highest BCUT2D eigenvalue weighted by Gasteiger charge is 2.30. The van der Waals surface area contributed by atoms with E-state index in [2.05, 4.69) is 17.6 Å². The summed E-state index contributed by atoms with van der Waals surface area (Å²) in [7, 11) is 0. The van der Waals surface area contributed by atoms with E-state index in [0.29, 0.717) is 18.1 Å². The Hall–Kier alpha value is -2.53. The largest absolute Gasteiger partial charge is 0.326 e. The average Bonchev–Trinajstić information content (AvgIpc) is 2.75. The molecule has 2 aromatic rings. The summed E-state index contributed by atoms with van der Waals surface area (Å²) >= 11 is 5.88. The first kappa shape index (κ1) is 21.2. The standard InChI is InChI=1S/C23H28ClN3O2/c1-3-17-6-4-5-7-21(17)26-22(28)16(2)18-12-14-27(15-13-18)23(29)25-20-10-8-19(24)9-11-20/h4-11,16,18H,3,12-15H2,1-2H3,(H,25,29)(H,26,28)/t16-/m0/s1. The number of carbonyl (C=O) groups excluding carboxylic acids is 2. The maximum absolute atomic E-state index is 12.7. The predicted octanol–water partition coefficient (Wildman–Crippen LogP) is 5.42. The van der Waals surface area contributed by atoms with Crippen molar-refractivity contribution in [1.29, 1.82) is 0 Å². The molecule has 0 unspecified atom stereocenters. The Kier molecular flexibility index (Phi) is 7.15. The molecule has 2 aromatic carbocycles. The number of carbonyl (C=O) groups is 2. The highest BCUT2D eigenvalue weighted by atomic mass is 35.5. The van der Waals surface area contributed by atoms with E-state index >= 15 is 0 Å². The van der Waals surface area contributed by atoms with Gasteiger partial charge in [-0.1, -0.05) is 43.6 Å². The maximum Gasteiger partial charge on any atom is 0.321 e. The lowest BCUT2D eigenvalue weighted by Gasteiger charge is -2.34. The lowest BCUT2D eigenvalue weighted by molar-refractivity contribution is -0.121. The SMILES string of the molecule is CCc1ccccc1NC(=O)[C@@H](C)C1CCN(C(=O)Nc2ccc(Cl)cc2)CC1. The number of amides is 3. The molecule has 1 atom stereocenters. The van der Waals surface area contributed by atoms with E-state index in [1.165, 1.54) is 0 Å². The zero-order chi connectivity index (χ0) is 20.8. The molecular weight excluding hydrogens is 386 g/mol. The van der Waals surface area contributed by atoms with E-state index < -0.39 is 0 Å². The van der Waals surface area contributed by atoms with E-state index in [0.717, 1.165) is 36.2 Å². The summed E-state index contributed by atoms with van der Waals surface area (Å²) in [6.45, 7) is 5.36. The first-order valence-electron chi connectivity index (χ1n) is 10.2. The lowest BCUT2D eigenvalue weighted by Crippen LogP contribution is -2.43. The van der Waals surface area contributed by atoms with Crippen LogP contribution in [0.5, 0.6) is 0 Å². The Labute approximate surface area is 177 Å². The van der Waals surface area contributed by atoms with Gasteiger partial charge in [-0.25, -0.2) is 4.79 Å². The van der Waals surface area contributed by atoms with Crippen molar-refractivity contribution in [2.24, 2.45) is 11.8 Å². The third-order valence-electron chi connectivity index (χ3n) is 5.70. The molecule has 2 N–H and O–H groups in total. The van der Waals surface area contributed by atoms with Gasteiger partial charge in [0.15, 0.2) is 0 Å². The van der Waals surface area contributed by atoms with E-state index in [9.17, 15) is 9.59 Å². The number of piperidine rings is 1. The van der Waals surface area contributed by atoms with Crippen molar-refractivity contribution in [3.05, 3.63) is 59.1 Å². The number of halogens is 1. The number of aryl methyl sites for hydroxylation is 1. The number of benzene rings is 2. The fraction of sp³-hybridized carbons (Fsp3) is 0.391. The second-order valence-corrected chi connectivity index (χ2v) is 7.99. The molecule has 3 rings (SSSR count). The van der Waals surface area contributed by atoms with Crippen molar-refractivity contribution >= 4 is 34.9 Å². The first-order chi connectivity index (χ1) is 14.0. The first-order valence-corrected chi connectivity index (χ1v) is 10.6. The summed E-state index contributed by atoms with van der Waals surface area (Å²) in [4.78, 5) is 27.0. The molecule has 6 heteroatoms. The van der Waals surface area contributed by atoms with Crippen LogP contribution in [0.3, 0.4) is 0 Å². The normalized spacial score (nSPS) is 15.6. The Balaban J connectivity index is 1.50. The van der Waals surface area contributed by atoms with Gasteiger partial charge in [-0.2, -0.15) is 0 Å². The third kappa shape index (κ3) is 5.51. The zero-order valence-corrected chi connectivity index (χ0v) is 17.7. The molecular formula is C23H28ClN3O2. The molecule has 29 heavy (non-hydrogen) atoms. The summed E-state index contributed by atoms with van der Waals surface area (Å²) in [5, 5.41) is 6.62. The number of anilines is 2. The summed E-state index contributed by atoms with van der Waals surface area (Å²) in [6.07, 6.45) is 2.52. The van der Waals surface area contributed by atoms with Crippen LogP contribution in [0.4, 0.5) is 16.2 Å². The van der Waals surface area contributed by atoms with Crippen LogP contribution in [0.25, 0.3) is 0 Å². The molecule has 1 saturated heterocycles. The Morgan fingerprint density at radius 3 is 2.38 bits per heavy atom. The summed E-state index contributed by atoms with van der Waals surface area (Å²) in [5.41, 5.74) is 2.76. The average molecular weight is 414 g/mol. The van der Waals surface area contributed by atoms with Crippen LogP contribution in [-0.2, 0) is 11.2 Å². The molecule has 1 aliphatic rings. The number of para-hydroxylation sites is 1. The fourth-order valence-electron chi connectivity index (χ4n) is 3.75. The van der Waals surface area contributed by atoms with E-state index in [1.807, 2.05) is 36.1 Å². The van der Waals surface area contributed by atoms with Gasteiger partial charge in [-0.3, -0.25) is 4.79 Å². The number of hydrogen-bond donors (Lipinski definition) is 2. The van der Waals surface area contributed by atoms with Crippen molar-refractivity contribution in [3.63, 3.8) is 0 Å². The second kappa shape index (κ2) is 9.79. The van der Waals surface area contributed by atoms with Crippen molar-refractivity contribution in [2.75, 3.05) is 23.7 Å². The molecule has 0 aromatic heterocycles. The number of rotatable bonds is 5. The van der Waals surface area contributed by atoms with Crippen LogP contribution < -0.4 is 10.6 Å². The van der Waals surface area contributed by atoms with E-state index in [-0.39, 0.29) is 23.8 Å². The maximum atomic E-state index is 12.7. The highest BCUT2D eigenvalue weighted by molar-refractivity contribution is 6.30. The van der Waals surface area contributed by atoms with Gasteiger partial charge in [0.05, 0.1) is 0 Å². The highest BCUT2D eigenvalue weighted by Crippen LogP contribution is 2.27. The zero-order valence-electron chi connectivity index (χ0n) is 17.0. The number of hydrogen-bond acceptors (Lipinski definition) is 2. The van der Waals surface area contributed by atoms with Gasteiger partial charge >= 0.3 is 6.03 Å². The topological polar surface area (TPSA) is 61.4 Å². The summed E-state index contributed by atoms with van der Waals surface area (Å²) in [5.74, 6) is 0.222. The minimum atomic E-state index is -0.111. The predicted molar refractivity (Wildman–Crippen MR) is 118 cm³/mol. The monoisotopic (exact) mass is 413 g/mol. The van der Waals surface area contributed by atoms with Crippen molar-refractivity contribution in [3.8, 4) is 0 Å². The molecule has 5 nitrogen and oxygen atoms in total. The van der Waals surface area contributed by atoms with Gasteiger partial charge in [0.25, 0.3) is 0 Å². The number of nitrogens with zero attached hydrogens (tertiary/aromatic N) is 1. The van der Waals surface area contributed by atoms with Crippen molar-refractivity contribution in [2.45, 2.75) is 33.1 Å². The molecule has 154 valence electrons. The number of urea groups is 1. The van der Waals surface area contributed by atoms with Crippen LogP contribution in [0, 0.1) is 11.8 Å². The van der Waals surface area contributed by atoms with Crippen LogP contribution in [0.2, 0.25) is 5.02 Å². The van der Waals surface area contributed by atoms with Crippen LogP contribution in [0.1, 0.15) is 32.3 Å². The van der Waals surface area contributed by atoms with Crippen LogP contribution in [0.15, 0.2) is 48.5 Å². The quantitative estimate of drug-likeness (QED) is 0.687.